The van der Waals surface area contributed by atoms with Gasteiger partial charge in [-0.15, -0.1) is 11.3 Å². The summed E-state index contributed by atoms with van der Waals surface area (Å²) >= 11 is 6.78. The molecule has 0 saturated carbocycles. The summed E-state index contributed by atoms with van der Waals surface area (Å²) < 4.78 is 5.67. The van der Waals surface area contributed by atoms with Crippen molar-refractivity contribution in [1.29, 1.82) is 0 Å². The molecular weight excluding hydrogens is 418 g/mol. The summed E-state index contributed by atoms with van der Waals surface area (Å²) in [5.74, 6) is -0.0637. The van der Waals surface area contributed by atoms with Crippen LogP contribution in [0.25, 0.3) is 0 Å². The molecule has 1 aromatic carbocycles. The lowest BCUT2D eigenvalue weighted by molar-refractivity contribution is 0.0975. The number of thiophene rings is 1. The lowest BCUT2D eigenvalue weighted by atomic mass is 9.95. The van der Waals surface area contributed by atoms with Gasteiger partial charge in [0.1, 0.15) is 10.8 Å². The molecule has 0 atom stereocenters. The average Bonchev–Trinajstić information content (AvgIpc) is 3.09. The number of carbonyl (C=O) groups excluding carboxylic acids is 2. The number of rotatable bonds is 8. The van der Waals surface area contributed by atoms with E-state index >= 15 is 0 Å². The Morgan fingerprint density at radius 2 is 1.90 bits per heavy atom. The highest BCUT2D eigenvalue weighted by Gasteiger charge is 2.24. The van der Waals surface area contributed by atoms with E-state index in [2.05, 4.69) is 17.6 Å². The van der Waals surface area contributed by atoms with Crippen molar-refractivity contribution in [3.8, 4) is 5.75 Å². The molecule has 0 aliphatic heterocycles. The van der Waals surface area contributed by atoms with Gasteiger partial charge in [0.15, 0.2) is 5.11 Å². The standard InChI is InChI=1S/C22H27N3O3S2/c1-2-3-6-13-28-15-11-9-14(10-12-15)20(27)24-22(29)25-21-18(19(23)26)16-7-4-5-8-17(16)30-21/h9-12H,2-8,13H2,1H3,(H2,23,26)(H2,24,25,27,29). The first-order chi connectivity index (χ1) is 14.5. The molecule has 0 saturated heterocycles. The Hall–Kier alpha value is -2.45. The molecule has 6 nitrogen and oxygen atoms in total. The van der Waals surface area contributed by atoms with Gasteiger partial charge in [0.05, 0.1) is 12.2 Å². The predicted molar refractivity (Wildman–Crippen MR) is 125 cm³/mol. The average molecular weight is 446 g/mol. The van der Waals surface area contributed by atoms with Crippen molar-refractivity contribution in [3.05, 3.63) is 45.8 Å². The summed E-state index contributed by atoms with van der Waals surface area (Å²) in [6.07, 6.45) is 7.22. The third-order valence-corrected chi connectivity index (χ3v) is 6.42. The lowest BCUT2D eigenvalue weighted by Gasteiger charge is -2.12. The van der Waals surface area contributed by atoms with E-state index in [4.69, 9.17) is 22.7 Å². The number of ether oxygens (including phenoxy) is 1. The first kappa shape index (κ1) is 22.2. The summed E-state index contributed by atoms with van der Waals surface area (Å²) in [7, 11) is 0. The molecule has 1 aliphatic rings. The summed E-state index contributed by atoms with van der Waals surface area (Å²) in [6, 6.07) is 6.95. The topological polar surface area (TPSA) is 93.4 Å². The summed E-state index contributed by atoms with van der Waals surface area (Å²) in [5.41, 5.74) is 7.59. The summed E-state index contributed by atoms with van der Waals surface area (Å²) in [5, 5.41) is 6.41. The molecule has 3 rings (SSSR count). The van der Waals surface area contributed by atoms with Crippen LogP contribution in [0.15, 0.2) is 24.3 Å². The molecule has 1 aliphatic carbocycles. The zero-order valence-corrected chi connectivity index (χ0v) is 18.7. The number of nitrogens with two attached hydrogens (primary N) is 1. The minimum absolute atomic E-state index is 0.140. The second-order valence-corrected chi connectivity index (χ2v) is 8.78. The third-order valence-electron chi connectivity index (χ3n) is 5.00. The molecule has 4 N–H and O–H groups in total. The number of hydrogen-bond acceptors (Lipinski definition) is 5. The highest BCUT2D eigenvalue weighted by atomic mass is 32.1. The fraction of sp³-hybridized carbons (Fsp3) is 0.409. The first-order valence-electron chi connectivity index (χ1n) is 10.3. The number of carbonyl (C=O) groups is 2. The van der Waals surface area contributed by atoms with E-state index in [0.29, 0.717) is 22.7 Å². The van der Waals surface area contributed by atoms with Gasteiger partial charge < -0.3 is 15.8 Å². The largest absolute Gasteiger partial charge is 0.494 e. The Kier molecular flexibility index (Phi) is 7.81. The Bertz CT molecular complexity index is 922. The van der Waals surface area contributed by atoms with Crippen LogP contribution in [-0.2, 0) is 12.8 Å². The zero-order chi connectivity index (χ0) is 21.5. The molecule has 8 heteroatoms. The molecule has 160 valence electrons. The fourth-order valence-corrected chi connectivity index (χ4v) is 5.03. The van der Waals surface area contributed by atoms with Gasteiger partial charge in [-0.3, -0.25) is 14.9 Å². The van der Waals surface area contributed by atoms with Crippen molar-refractivity contribution in [1.82, 2.24) is 5.32 Å². The van der Waals surface area contributed by atoms with Gasteiger partial charge in [-0.2, -0.15) is 0 Å². The minimum atomic E-state index is -0.472. The van der Waals surface area contributed by atoms with Gasteiger partial charge in [0.2, 0.25) is 0 Å². The maximum atomic E-state index is 12.5. The van der Waals surface area contributed by atoms with Crippen LogP contribution in [0.3, 0.4) is 0 Å². The van der Waals surface area contributed by atoms with Crippen LogP contribution in [0, 0.1) is 0 Å². The number of thiocarbonyl (C=S) groups is 1. The van der Waals surface area contributed by atoms with Crippen LogP contribution < -0.4 is 21.1 Å². The van der Waals surface area contributed by atoms with Crippen LogP contribution in [0.5, 0.6) is 5.75 Å². The van der Waals surface area contributed by atoms with Crippen molar-refractivity contribution in [3.63, 3.8) is 0 Å². The van der Waals surface area contributed by atoms with E-state index < -0.39 is 5.91 Å². The van der Waals surface area contributed by atoms with Crippen molar-refractivity contribution in [2.75, 3.05) is 11.9 Å². The van der Waals surface area contributed by atoms with Gasteiger partial charge in [-0.05, 0) is 74.2 Å². The van der Waals surface area contributed by atoms with E-state index in [1.54, 1.807) is 24.3 Å². The molecule has 30 heavy (non-hydrogen) atoms. The number of unbranched alkanes of at least 4 members (excludes halogenated alkanes) is 2. The van der Waals surface area contributed by atoms with Gasteiger partial charge in [0, 0.05) is 10.4 Å². The summed E-state index contributed by atoms with van der Waals surface area (Å²) in [4.78, 5) is 25.6. The number of fused-ring (bicyclic) bond motifs is 1. The van der Waals surface area contributed by atoms with Crippen molar-refractivity contribution >= 4 is 45.5 Å². The maximum Gasteiger partial charge on any atom is 0.257 e. The number of aryl methyl sites for hydroxylation is 1. The summed E-state index contributed by atoms with van der Waals surface area (Å²) in [6.45, 7) is 2.81. The monoisotopic (exact) mass is 445 g/mol. The molecule has 0 spiro atoms. The minimum Gasteiger partial charge on any atom is -0.494 e. The Morgan fingerprint density at radius 3 is 2.60 bits per heavy atom. The number of amides is 2. The third kappa shape index (κ3) is 5.58. The number of benzene rings is 1. The maximum absolute atomic E-state index is 12.5. The van der Waals surface area contributed by atoms with Crippen LogP contribution in [-0.4, -0.2) is 23.5 Å². The number of hydrogen-bond donors (Lipinski definition) is 3. The van der Waals surface area contributed by atoms with E-state index in [9.17, 15) is 9.59 Å². The molecule has 2 amide bonds. The van der Waals surface area contributed by atoms with Gasteiger partial charge in [0.25, 0.3) is 11.8 Å². The molecule has 0 radical (unpaired) electrons. The Labute approximate surface area is 186 Å². The fourth-order valence-electron chi connectivity index (χ4n) is 3.47. The zero-order valence-electron chi connectivity index (χ0n) is 17.1. The van der Waals surface area contributed by atoms with E-state index in [1.807, 2.05) is 0 Å². The van der Waals surface area contributed by atoms with Crippen LogP contribution in [0.2, 0.25) is 0 Å². The number of primary amides is 1. The molecule has 1 heterocycles. The molecule has 1 aromatic heterocycles. The molecular formula is C22H27N3O3S2. The van der Waals surface area contributed by atoms with Crippen molar-refractivity contribution < 1.29 is 14.3 Å². The normalized spacial score (nSPS) is 12.7. The first-order valence-corrected chi connectivity index (χ1v) is 11.5. The molecule has 0 unspecified atom stereocenters. The second-order valence-electron chi connectivity index (χ2n) is 7.27. The molecule has 2 aromatic rings. The van der Waals surface area contributed by atoms with Gasteiger partial charge in [-0.1, -0.05) is 19.8 Å². The van der Waals surface area contributed by atoms with Crippen molar-refractivity contribution in [2.24, 2.45) is 5.73 Å². The highest BCUT2D eigenvalue weighted by molar-refractivity contribution is 7.80. The molecule has 0 fully saturated rings. The second kappa shape index (κ2) is 10.5. The Balaban J connectivity index is 1.59. The number of nitrogens with one attached hydrogen (secondary N) is 2. The van der Waals surface area contributed by atoms with Crippen LogP contribution >= 0.6 is 23.6 Å². The lowest BCUT2D eigenvalue weighted by Crippen LogP contribution is -2.34. The van der Waals surface area contributed by atoms with E-state index in [-0.39, 0.29) is 11.0 Å². The molecule has 0 bridgehead atoms. The number of anilines is 1. The SMILES string of the molecule is CCCCCOc1ccc(C(=O)NC(=S)Nc2sc3c(c2C(N)=O)CCCC3)cc1. The van der Waals surface area contributed by atoms with E-state index in [1.165, 1.54) is 16.2 Å². The van der Waals surface area contributed by atoms with Crippen LogP contribution in [0.4, 0.5) is 5.00 Å². The van der Waals surface area contributed by atoms with Crippen molar-refractivity contribution in [2.45, 2.75) is 51.9 Å². The van der Waals surface area contributed by atoms with Gasteiger partial charge in [-0.25, -0.2) is 0 Å². The van der Waals surface area contributed by atoms with E-state index in [0.717, 1.165) is 56.3 Å². The quantitative estimate of drug-likeness (QED) is 0.413. The van der Waals surface area contributed by atoms with Gasteiger partial charge >= 0.3 is 0 Å². The highest BCUT2D eigenvalue weighted by Crippen LogP contribution is 2.37. The smallest absolute Gasteiger partial charge is 0.257 e. The Morgan fingerprint density at radius 1 is 1.17 bits per heavy atom. The predicted octanol–water partition coefficient (Wildman–Crippen LogP) is 4.42. The van der Waals surface area contributed by atoms with Crippen LogP contribution in [0.1, 0.15) is 70.2 Å².